The Kier molecular flexibility index (Phi) is 7.92. The summed E-state index contributed by atoms with van der Waals surface area (Å²) < 4.78 is 0. The van der Waals surface area contributed by atoms with Crippen molar-refractivity contribution in [2.24, 2.45) is 0 Å². The van der Waals surface area contributed by atoms with Gasteiger partial charge in [-0.2, -0.15) is 0 Å². The zero-order valence-electron chi connectivity index (χ0n) is 16.1. The van der Waals surface area contributed by atoms with Crippen LogP contribution in [0.4, 0.5) is 0 Å². The van der Waals surface area contributed by atoms with Crippen LogP contribution in [0.2, 0.25) is 0 Å². The van der Waals surface area contributed by atoms with E-state index in [1.54, 1.807) is 22.7 Å². The molecule has 0 aliphatic carbocycles. The SMILES string of the molecule is O=C[C@@H]1CSCN1C(=O)/C=C/c1ccc(CCCCCc2ccccc2)cc1. The number of aldehydes is 1. The molecule has 3 rings (SSSR count). The minimum absolute atomic E-state index is 0.0930. The zero-order valence-corrected chi connectivity index (χ0v) is 16.9. The summed E-state index contributed by atoms with van der Waals surface area (Å²) in [7, 11) is 0. The van der Waals surface area contributed by atoms with E-state index in [4.69, 9.17) is 0 Å². The standard InChI is InChI=1S/C24H27NO2S/c26-17-23-18-28-19-25(23)24(27)16-15-22-13-11-21(12-14-22)10-6-2-5-9-20-7-3-1-4-8-20/h1,3-4,7-8,11-17,23H,2,5-6,9-10,18-19H2/b16-15+/t23-/m1/s1. The van der Waals surface area contributed by atoms with Gasteiger partial charge in [0, 0.05) is 11.8 Å². The molecule has 0 aromatic heterocycles. The van der Waals surface area contributed by atoms with E-state index in [2.05, 4.69) is 54.6 Å². The van der Waals surface area contributed by atoms with Gasteiger partial charge in [0.25, 0.3) is 0 Å². The van der Waals surface area contributed by atoms with Gasteiger partial charge in [0.2, 0.25) is 5.91 Å². The Bertz CT molecular complexity index is 786. The number of hydrogen-bond acceptors (Lipinski definition) is 3. The van der Waals surface area contributed by atoms with Crippen molar-refractivity contribution in [3.8, 4) is 0 Å². The first-order chi connectivity index (χ1) is 13.8. The predicted octanol–water partition coefficient (Wildman–Crippen LogP) is 4.76. The second-order valence-electron chi connectivity index (χ2n) is 7.13. The maximum Gasteiger partial charge on any atom is 0.247 e. The van der Waals surface area contributed by atoms with Crippen LogP contribution in [0.25, 0.3) is 6.08 Å². The second-order valence-corrected chi connectivity index (χ2v) is 8.13. The number of unbranched alkanes of at least 4 members (excludes halogenated alkanes) is 2. The number of benzene rings is 2. The first kappa shape index (κ1) is 20.4. The van der Waals surface area contributed by atoms with Crippen LogP contribution in [-0.4, -0.2) is 34.8 Å². The Labute approximate surface area is 171 Å². The predicted molar refractivity (Wildman–Crippen MR) is 117 cm³/mol. The molecule has 1 heterocycles. The Morgan fingerprint density at radius 2 is 1.64 bits per heavy atom. The summed E-state index contributed by atoms with van der Waals surface area (Å²) in [5.74, 6) is 1.20. The van der Waals surface area contributed by atoms with Crippen molar-refractivity contribution in [3.63, 3.8) is 0 Å². The zero-order chi connectivity index (χ0) is 19.6. The molecule has 1 atom stereocenters. The monoisotopic (exact) mass is 393 g/mol. The van der Waals surface area contributed by atoms with Gasteiger partial charge in [0.15, 0.2) is 0 Å². The number of amides is 1. The molecule has 4 heteroatoms. The van der Waals surface area contributed by atoms with Gasteiger partial charge in [-0.25, -0.2) is 0 Å². The molecule has 0 unspecified atom stereocenters. The molecular formula is C24H27NO2S. The van der Waals surface area contributed by atoms with Gasteiger partial charge >= 0.3 is 0 Å². The van der Waals surface area contributed by atoms with Crippen LogP contribution in [0.5, 0.6) is 0 Å². The third-order valence-corrected chi connectivity index (χ3v) is 6.07. The van der Waals surface area contributed by atoms with Crippen molar-refractivity contribution in [2.75, 3.05) is 11.6 Å². The fraction of sp³-hybridized carbons (Fsp3) is 0.333. The van der Waals surface area contributed by atoms with E-state index in [0.717, 1.165) is 24.7 Å². The number of aryl methyl sites for hydroxylation is 2. The van der Waals surface area contributed by atoms with E-state index in [-0.39, 0.29) is 11.9 Å². The van der Waals surface area contributed by atoms with Crippen LogP contribution in [0, 0.1) is 0 Å². The summed E-state index contributed by atoms with van der Waals surface area (Å²) >= 11 is 1.62. The molecule has 1 amide bonds. The van der Waals surface area contributed by atoms with Crippen LogP contribution < -0.4 is 0 Å². The number of carbonyl (C=O) groups excluding carboxylic acids is 2. The fourth-order valence-electron chi connectivity index (χ4n) is 3.34. The van der Waals surface area contributed by atoms with E-state index in [1.165, 1.54) is 30.4 Å². The average molecular weight is 394 g/mol. The van der Waals surface area contributed by atoms with Crippen LogP contribution in [-0.2, 0) is 22.4 Å². The number of nitrogens with zero attached hydrogens (tertiary/aromatic N) is 1. The third-order valence-electron chi connectivity index (χ3n) is 5.03. The van der Waals surface area contributed by atoms with E-state index in [9.17, 15) is 9.59 Å². The molecule has 0 spiro atoms. The molecule has 1 fully saturated rings. The van der Waals surface area contributed by atoms with Crippen molar-refractivity contribution < 1.29 is 9.59 Å². The molecule has 0 N–H and O–H groups in total. The van der Waals surface area contributed by atoms with E-state index < -0.39 is 0 Å². The maximum atomic E-state index is 12.2. The van der Waals surface area contributed by atoms with Gasteiger partial charge in [0.05, 0.1) is 11.9 Å². The summed E-state index contributed by atoms with van der Waals surface area (Å²) in [6.07, 6.45) is 10.2. The van der Waals surface area contributed by atoms with Gasteiger partial charge in [-0.3, -0.25) is 4.79 Å². The molecule has 146 valence electrons. The van der Waals surface area contributed by atoms with Crippen molar-refractivity contribution in [3.05, 3.63) is 77.4 Å². The molecule has 1 saturated heterocycles. The Morgan fingerprint density at radius 1 is 0.964 bits per heavy atom. The molecule has 1 aliphatic heterocycles. The Morgan fingerprint density at radius 3 is 2.32 bits per heavy atom. The maximum absolute atomic E-state index is 12.2. The lowest BCUT2D eigenvalue weighted by atomic mass is 10.0. The number of hydrogen-bond donors (Lipinski definition) is 0. The van der Waals surface area contributed by atoms with Crippen molar-refractivity contribution in [1.29, 1.82) is 0 Å². The Balaban J connectivity index is 1.39. The van der Waals surface area contributed by atoms with Gasteiger partial charge in [-0.05, 0) is 48.4 Å². The quantitative estimate of drug-likeness (QED) is 0.350. The molecule has 0 bridgehead atoms. The minimum atomic E-state index is -0.286. The van der Waals surface area contributed by atoms with Gasteiger partial charge < -0.3 is 9.69 Å². The molecule has 28 heavy (non-hydrogen) atoms. The molecule has 0 saturated carbocycles. The summed E-state index contributed by atoms with van der Waals surface area (Å²) in [4.78, 5) is 24.9. The lowest BCUT2D eigenvalue weighted by Crippen LogP contribution is -2.36. The lowest BCUT2D eigenvalue weighted by Gasteiger charge is -2.16. The summed E-state index contributed by atoms with van der Waals surface area (Å²) in [6, 6.07) is 18.8. The highest BCUT2D eigenvalue weighted by Crippen LogP contribution is 2.20. The second kappa shape index (κ2) is 10.9. The highest BCUT2D eigenvalue weighted by atomic mass is 32.2. The molecule has 3 nitrogen and oxygen atoms in total. The number of thioether (sulfide) groups is 1. The van der Waals surface area contributed by atoms with Gasteiger partial charge in [-0.1, -0.05) is 61.0 Å². The van der Waals surface area contributed by atoms with Crippen LogP contribution in [0.15, 0.2) is 60.7 Å². The van der Waals surface area contributed by atoms with Crippen molar-refractivity contribution in [2.45, 2.75) is 38.1 Å². The number of rotatable bonds is 9. The van der Waals surface area contributed by atoms with Crippen molar-refractivity contribution >= 4 is 30.0 Å². The molecule has 1 aliphatic rings. The van der Waals surface area contributed by atoms with Crippen molar-refractivity contribution in [1.82, 2.24) is 4.90 Å². The van der Waals surface area contributed by atoms with Crippen LogP contribution >= 0.6 is 11.8 Å². The summed E-state index contributed by atoms with van der Waals surface area (Å²) in [6.45, 7) is 0. The highest BCUT2D eigenvalue weighted by molar-refractivity contribution is 7.99. The lowest BCUT2D eigenvalue weighted by molar-refractivity contribution is -0.129. The fourth-order valence-corrected chi connectivity index (χ4v) is 4.46. The molecule has 0 radical (unpaired) electrons. The Hall–Kier alpha value is -2.33. The third kappa shape index (κ3) is 6.10. The van der Waals surface area contributed by atoms with Gasteiger partial charge in [-0.15, -0.1) is 11.8 Å². The largest absolute Gasteiger partial charge is 0.319 e. The molecular weight excluding hydrogens is 366 g/mol. The average Bonchev–Trinajstić information content (AvgIpc) is 3.22. The number of carbonyl (C=O) groups is 2. The van der Waals surface area contributed by atoms with Crippen LogP contribution in [0.3, 0.4) is 0 Å². The molecule has 2 aromatic carbocycles. The van der Waals surface area contributed by atoms with E-state index in [0.29, 0.717) is 11.6 Å². The topological polar surface area (TPSA) is 37.4 Å². The summed E-state index contributed by atoms with van der Waals surface area (Å²) in [5.41, 5.74) is 3.76. The smallest absolute Gasteiger partial charge is 0.247 e. The van der Waals surface area contributed by atoms with Crippen LogP contribution in [0.1, 0.15) is 36.0 Å². The first-order valence-electron chi connectivity index (χ1n) is 9.91. The normalized spacial score (nSPS) is 16.6. The highest BCUT2D eigenvalue weighted by Gasteiger charge is 2.27. The van der Waals surface area contributed by atoms with E-state index >= 15 is 0 Å². The first-order valence-corrected chi connectivity index (χ1v) is 11.1. The molecule has 2 aromatic rings. The van der Waals surface area contributed by atoms with E-state index in [1.807, 2.05) is 6.08 Å². The van der Waals surface area contributed by atoms with Gasteiger partial charge in [0.1, 0.15) is 6.29 Å². The minimum Gasteiger partial charge on any atom is -0.319 e. The summed E-state index contributed by atoms with van der Waals surface area (Å²) in [5, 5.41) is 0.